The average Bonchev–Trinajstić information content (AvgIpc) is 2.74. The lowest BCUT2D eigenvalue weighted by atomic mass is 10.00. The van der Waals surface area contributed by atoms with E-state index < -0.39 is 0 Å². The van der Waals surface area contributed by atoms with Crippen LogP contribution in [-0.2, 0) is 0 Å². The predicted molar refractivity (Wildman–Crippen MR) is 61.5 cm³/mol. The molecule has 0 fully saturated rings. The van der Waals surface area contributed by atoms with Crippen LogP contribution in [0.15, 0.2) is 29.9 Å². The minimum atomic E-state index is 0.0682. The molecule has 1 aromatic heterocycles. The van der Waals surface area contributed by atoms with Gasteiger partial charge in [0, 0.05) is 11.8 Å². The molecule has 2 aromatic rings. The van der Waals surface area contributed by atoms with E-state index in [1.54, 1.807) is 11.7 Å². The van der Waals surface area contributed by atoms with Gasteiger partial charge < -0.3 is 0 Å². The topological polar surface area (TPSA) is 30.0 Å². The maximum absolute atomic E-state index is 12.1. The summed E-state index contributed by atoms with van der Waals surface area (Å²) < 4.78 is 0. The summed E-state index contributed by atoms with van der Waals surface area (Å²) in [5, 5.41) is 0. The van der Waals surface area contributed by atoms with Crippen molar-refractivity contribution in [2.75, 3.05) is 0 Å². The summed E-state index contributed by atoms with van der Waals surface area (Å²) in [4.78, 5) is 16.7. The first-order valence-electron chi connectivity index (χ1n) is 4.69. The lowest BCUT2D eigenvalue weighted by Crippen LogP contribution is -2.02. The molecule has 3 heteroatoms. The Morgan fingerprint density at radius 3 is 2.80 bits per heavy atom. The highest BCUT2D eigenvalue weighted by atomic mass is 32.1. The van der Waals surface area contributed by atoms with Gasteiger partial charge in [0.05, 0.1) is 10.4 Å². The summed E-state index contributed by atoms with van der Waals surface area (Å²) in [7, 11) is 0. The van der Waals surface area contributed by atoms with E-state index in [-0.39, 0.29) is 5.78 Å². The van der Waals surface area contributed by atoms with E-state index in [0.29, 0.717) is 4.88 Å². The summed E-state index contributed by atoms with van der Waals surface area (Å²) in [5.41, 5.74) is 4.65. The van der Waals surface area contributed by atoms with Crippen molar-refractivity contribution in [3.05, 3.63) is 51.5 Å². The highest BCUT2D eigenvalue weighted by molar-refractivity contribution is 7.11. The van der Waals surface area contributed by atoms with Crippen LogP contribution < -0.4 is 0 Å². The van der Waals surface area contributed by atoms with Gasteiger partial charge in [0.2, 0.25) is 5.78 Å². The third-order valence-corrected chi connectivity index (χ3v) is 3.28. The van der Waals surface area contributed by atoms with Crippen molar-refractivity contribution in [2.24, 2.45) is 0 Å². The molecule has 0 N–H and O–H groups in total. The number of thiazole rings is 1. The van der Waals surface area contributed by atoms with Crippen molar-refractivity contribution in [3.8, 4) is 0 Å². The normalized spacial score (nSPS) is 10.3. The number of ketones is 1. The number of carbonyl (C=O) groups is 1. The Morgan fingerprint density at radius 1 is 1.33 bits per heavy atom. The Labute approximate surface area is 92.6 Å². The summed E-state index contributed by atoms with van der Waals surface area (Å²) in [6, 6.07) is 5.79. The Balaban J connectivity index is 2.47. The Kier molecular flexibility index (Phi) is 2.64. The van der Waals surface area contributed by atoms with E-state index in [2.05, 4.69) is 4.98 Å². The van der Waals surface area contributed by atoms with Crippen molar-refractivity contribution in [1.29, 1.82) is 0 Å². The van der Waals surface area contributed by atoms with Crippen molar-refractivity contribution < 1.29 is 4.79 Å². The van der Waals surface area contributed by atoms with Gasteiger partial charge in [-0.3, -0.25) is 9.78 Å². The maximum Gasteiger partial charge on any atom is 0.204 e. The first kappa shape index (κ1) is 10.1. The van der Waals surface area contributed by atoms with Crippen molar-refractivity contribution in [1.82, 2.24) is 4.98 Å². The Hall–Kier alpha value is -1.48. The molecule has 0 spiro atoms. The molecular weight excluding hydrogens is 206 g/mol. The molecule has 1 aromatic carbocycles. The predicted octanol–water partition coefficient (Wildman–Crippen LogP) is 2.99. The Morgan fingerprint density at radius 2 is 2.13 bits per heavy atom. The van der Waals surface area contributed by atoms with Crippen LogP contribution in [0.3, 0.4) is 0 Å². The van der Waals surface area contributed by atoms with Gasteiger partial charge >= 0.3 is 0 Å². The first-order chi connectivity index (χ1) is 7.20. The monoisotopic (exact) mass is 217 g/mol. The molecule has 76 valence electrons. The van der Waals surface area contributed by atoms with Gasteiger partial charge in [0.25, 0.3) is 0 Å². The fourth-order valence-electron chi connectivity index (χ4n) is 1.46. The fourth-order valence-corrected chi connectivity index (χ4v) is 2.03. The summed E-state index contributed by atoms with van der Waals surface area (Å²) in [5.74, 6) is 0.0682. The quantitative estimate of drug-likeness (QED) is 0.724. The second-order valence-corrected chi connectivity index (χ2v) is 4.33. The molecule has 0 atom stereocenters. The van der Waals surface area contributed by atoms with Crippen LogP contribution in [0.2, 0.25) is 0 Å². The third kappa shape index (κ3) is 1.83. The van der Waals surface area contributed by atoms with Gasteiger partial charge in [-0.25, -0.2) is 0 Å². The molecule has 0 bridgehead atoms. The number of aryl methyl sites for hydroxylation is 1. The average molecular weight is 217 g/mol. The van der Waals surface area contributed by atoms with Crippen LogP contribution in [-0.4, -0.2) is 10.8 Å². The minimum Gasteiger partial charge on any atom is -0.288 e. The van der Waals surface area contributed by atoms with E-state index in [9.17, 15) is 4.79 Å². The largest absolute Gasteiger partial charge is 0.288 e. The second kappa shape index (κ2) is 3.95. The zero-order chi connectivity index (χ0) is 10.8. The van der Waals surface area contributed by atoms with Crippen LogP contribution in [0.4, 0.5) is 0 Å². The van der Waals surface area contributed by atoms with Crippen LogP contribution in [0, 0.1) is 13.8 Å². The van der Waals surface area contributed by atoms with Crippen molar-refractivity contribution >= 4 is 17.1 Å². The molecule has 2 rings (SSSR count). The molecule has 0 unspecified atom stereocenters. The molecule has 2 nitrogen and oxygen atoms in total. The number of benzene rings is 1. The number of hydrogen-bond acceptors (Lipinski definition) is 3. The summed E-state index contributed by atoms with van der Waals surface area (Å²) in [6.45, 7) is 3.99. The molecule has 0 aliphatic heterocycles. The fraction of sp³-hybridized carbons (Fsp3) is 0.167. The van der Waals surface area contributed by atoms with Crippen LogP contribution in [0.5, 0.6) is 0 Å². The van der Waals surface area contributed by atoms with Gasteiger partial charge in [0.15, 0.2) is 0 Å². The van der Waals surface area contributed by atoms with Gasteiger partial charge in [-0.2, -0.15) is 0 Å². The minimum absolute atomic E-state index is 0.0682. The van der Waals surface area contributed by atoms with Gasteiger partial charge in [-0.1, -0.05) is 18.2 Å². The zero-order valence-corrected chi connectivity index (χ0v) is 9.47. The number of hydrogen-bond donors (Lipinski definition) is 0. The summed E-state index contributed by atoms with van der Waals surface area (Å²) >= 11 is 1.38. The molecule has 0 amide bonds. The molecule has 15 heavy (non-hydrogen) atoms. The standard InChI is InChI=1S/C12H11NOS/c1-8-4-3-5-10(9(8)2)12(14)11-6-13-7-15-11/h3-7H,1-2H3. The van der Waals surface area contributed by atoms with E-state index in [1.807, 2.05) is 32.0 Å². The first-order valence-corrected chi connectivity index (χ1v) is 5.57. The molecule has 0 radical (unpaired) electrons. The SMILES string of the molecule is Cc1cccc(C(=O)c2cncs2)c1C. The zero-order valence-electron chi connectivity index (χ0n) is 8.65. The molecule has 0 saturated heterocycles. The Bertz CT molecular complexity index is 488. The summed E-state index contributed by atoms with van der Waals surface area (Å²) in [6.07, 6.45) is 1.62. The number of carbonyl (C=O) groups excluding carboxylic acids is 1. The molecule has 0 aliphatic rings. The van der Waals surface area contributed by atoms with E-state index in [4.69, 9.17) is 0 Å². The highest BCUT2D eigenvalue weighted by Crippen LogP contribution is 2.18. The van der Waals surface area contributed by atoms with Gasteiger partial charge in [0.1, 0.15) is 0 Å². The molecule has 0 saturated carbocycles. The van der Waals surface area contributed by atoms with Gasteiger partial charge in [-0.05, 0) is 25.0 Å². The lowest BCUT2D eigenvalue weighted by Gasteiger charge is -2.05. The van der Waals surface area contributed by atoms with Gasteiger partial charge in [-0.15, -0.1) is 11.3 Å². The molecule has 1 heterocycles. The maximum atomic E-state index is 12.1. The lowest BCUT2D eigenvalue weighted by molar-refractivity contribution is 0.104. The molecular formula is C12H11NOS. The second-order valence-electron chi connectivity index (χ2n) is 3.44. The third-order valence-electron chi connectivity index (χ3n) is 2.51. The number of aromatic nitrogens is 1. The van der Waals surface area contributed by atoms with Crippen LogP contribution in [0.1, 0.15) is 26.4 Å². The van der Waals surface area contributed by atoms with E-state index in [0.717, 1.165) is 16.7 Å². The van der Waals surface area contributed by atoms with Crippen LogP contribution in [0.25, 0.3) is 0 Å². The van der Waals surface area contributed by atoms with E-state index >= 15 is 0 Å². The number of rotatable bonds is 2. The smallest absolute Gasteiger partial charge is 0.204 e. The highest BCUT2D eigenvalue weighted by Gasteiger charge is 2.13. The molecule has 0 aliphatic carbocycles. The van der Waals surface area contributed by atoms with Crippen molar-refractivity contribution in [2.45, 2.75) is 13.8 Å². The van der Waals surface area contributed by atoms with Crippen LogP contribution >= 0.6 is 11.3 Å². The van der Waals surface area contributed by atoms with Crippen molar-refractivity contribution in [3.63, 3.8) is 0 Å². The number of nitrogens with zero attached hydrogens (tertiary/aromatic N) is 1. The van der Waals surface area contributed by atoms with E-state index in [1.165, 1.54) is 11.3 Å².